The van der Waals surface area contributed by atoms with Crippen LogP contribution in [0.1, 0.15) is 5.56 Å². The normalized spacial score (nSPS) is 17.5. The molecule has 0 aromatic heterocycles. The van der Waals surface area contributed by atoms with Gasteiger partial charge in [0.15, 0.2) is 6.29 Å². The van der Waals surface area contributed by atoms with E-state index in [1.54, 1.807) is 24.3 Å². The van der Waals surface area contributed by atoms with Crippen molar-refractivity contribution in [2.75, 3.05) is 6.61 Å². The van der Waals surface area contributed by atoms with Gasteiger partial charge in [-0.3, -0.25) is 0 Å². The van der Waals surface area contributed by atoms with Crippen molar-refractivity contribution in [1.29, 1.82) is 0 Å². The monoisotopic (exact) mass is 270 g/mol. The molecule has 0 radical (unpaired) electrons. The molecule has 0 aliphatic heterocycles. The summed E-state index contributed by atoms with van der Waals surface area (Å²) >= 11 is 0. The number of ether oxygens (including phenoxy) is 1. The van der Waals surface area contributed by atoms with Crippen LogP contribution < -0.4 is 0 Å². The summed E-state index contributed by atoms with van der Waals surface area (Å²) < 4.78 is 5.26. The lowest BCUT2D eigenvalue weighted by Crippen LogP contribution is -2.47. The summed E-state index contributed by atoms with van der Waals surface area (Å²) in [6.07, 6.45) is -5.73. The van der Waals surface area contributed by atoms with Crippen LogP contribution in [0.2, 0.25) is 0 Å². The predicted octanol–water partition coefficient (Wildman–Crippen LogP) is -1.15. The molecule has 0 fully saturated rings. The summed E-state index contributed by atoms with van der Waals surface area (Å²) in [6, 6.07) is 8.97. The average molecular weight is 270 g/mol. The van der Waals surface area contributed by atoms with Crippen molar-refractivity contribution in [2.24, 2.45) is 0 Å². The van der Waals surface area contributed by atoms with Gasteiger partial charge in [-0.15, -0.1) is 0 Å². The van der Waals surface area contributed by atoms with Gasteiger partial charge in [0, 0.05) is 0 Å². The fourth-order valence-corrected chi connectivity index (χ4v) is 1.57. The molecule has 1 aromatic carbocycles. The molecule has 0 saturated heterocycles. The highest BCUT2D eigenvalue weighted by Gasteiger charge is 2.32. The zero-order valence-corrected chi connectivity index (χ0v) is 10.3. The van der Waals surface area contributed by atoms with Crippen molar-refractivity contribution in [3.63, 3.8) is 0 Å². The summed E-state index contributed by atoms with van der Waals surface area (Å²) in [5, 5.41) is 37.3. The lowest BCUT2D eigenvalue weighted by atomic mass is 10.0. The molecule has 1 aromatic rings. The van der Waals surface area contributed by atoms with Crippen molar-refractivity contribution in [1.82, 2.24) is 0 Å². The number of aliphatic hydroxyl groups is 4. The highest BCUT2D eigenvalue weighted by molar-refractivity contribution is 5.56. The van der Waals surface area contributed by atoms with Crippen molar-refractivity contribution in [2.45, 2.75) is 31.0 Å². The van der Waals surface area contributed by atoms with E-state index in [9.17, 15) is 20.1 Å². The molecule has 0 aliphatic carbocycles. The van der Waals surface area contributed by atoms with Crippen molar-refractivity contribution >= 4 is 6.29 Å². The first-order valence-corrected chi connectivity index (χ1v) is 5.86. The van der Waals surface area contributed by atoms with Gasteiger partial charge in [0.25, 0.3) is 0 Å². The van der Waals surface area contributed by atoms with Gasteiger partial charge >= 0.3 is 0 Å². The predicted molar refractivity (Wildman–Crippen MR) is 66.2 cm³/mol. The second kappa shape index (κ2) is 7.98. The second-order valence-electron chi connectivity index (χ2n) is 4.13. The number of rotatable bonds is 8. The minimum atomic E-state index is -1.58. The first-order valence-electron chi connectivity index (χ1n) is 5.86. The first-order chi connectivity index (χ1) is 9.10. The Morgan fingerprint density at radius 3 is 2.32 bits per heavy atom. The zero-order valence-electron chi connectivity index (χ0n) is 10.3. The quantitative estimate of drug-likeness (QED) is 0.444. The molecule has 19 heavy (non-hydrogen) atoms. The number of benzene rings is 1. The van der Waals surface area contributed by atoms with Crippen molar-refractivity contribution in [3.8, 4) is 0 Å². The van der Waals surface area contributed by atoms with E-state index in [4.69, 9.17) is 9.84 Å². The van der Waals surface area contributed by atoms with E-state index in [0.29, 0.717) is 0 Å². The SMILES string of the molecule is O=C[C@H](O)[C@H](OCc1ccccc1)[C@H](O)[C@H](O)CO. The van der Waals surface area contributed by atoms with Crippen molar-refractivity contribution < 1.29 is 30.0 Å². The van der Waals surface area contributed by atoms with Crippen LogP contribution in [0.25, 0.3) is 0 Å². The Hall–Kier alpha value is -1.31. The lowest BCUT2D eigenvalue weighted by Gasteiger charge is -2.27. The van der Waals surface area contributed by atoms with Gasteiger partial charge in [0.05, 0.1) is 13.2 Å². The van der Waals surface area contributed by atoms with E-state index in [-0.39, 0.29) is 12.9 Å². The van der Waals surface area contributed by atoms with Crippen molar-refractivity contribution in [3.05, 3.63) is 35.9 Å². The number of carbonyl (C=O) groups excluding carboxylic acids is 1. The number of aliphatic hydroxyl groups excluding tert-OH is 4. The number of carbonyl (C=O) groups is 1. The molecule has 0 bridgehead atoms. The third-order valence-corrected chi connectivity index (χ3v) is 2.68. The van der Waals surface area contributed by atoms with Gasteiger partial charge in [-0.05, 0) is 5.56 Å². The molecule has 6 nitrogen and oxygen atoms in total. The van der Waals surface area contributed by atoms with E-state index in [1.165, 1.54) is 0 Å². The maximum atomic E-state index is 10.6. The van der Waals surface area contributed by atoms with Crippen LogP contribution in [0, 0.1) is 0 Å². The maximum Gasteiger partial charge on any atom is 0.151 e. The summed E-state index contributed by atoms with van der Waals surface area (Å²) in [6.45, 7) is -0.635. The largest absolute Gasteiger partial charge is 0.394 e. The van der Waals surface area contributed by atoms with Crippen LogP contribution in [0.15, 0.2) is 30.3 Å². The Morgan fingerprint density at radius 2 is 1.79 bits per heavy atom. The maximum absolute atomic E-state index is 10.6. The number of aldehydes is 1. The van der Waals surface area contributed by atoms with Crippen LogP contribution in [0.5, 0.6) is 0 Å². The molecule has 6 heteroatoms. The van der Waals surface area contributed by atoms with Crippen LogP contribution >= 0.6 is 0 Å². The van der Waals surface area contributed by atoms with Crippen LogP contribution in [0.3, 0.4) is 0 Å². The molecule has 4 N–H and O–H groups in total. The van der Waals surface area contributed by atoms with E-state index in [0.717, 1.165) is 5.56 Å². The molecule has 0 amide bonds. The molecular formula is C13H18O6. The highest BCUT2D eigenvalue weighted by atomic mass is 16.5. The number of hydrogen-bond acceptors (Lipinski definition) is 6. The molecular weight excluding hydrogens is 252 g/mol. The summed E-state index contributed by atoms with van der Waals surface area (Å²) in [7, 11) is 0. The molecule has 106 valence electrons. The zero-order chi connectivity index (χ0) is 14.3. The standard InChI is InChI=1S/C13H18O6/c14-6-10(16)12(18)13(11(17)7-15)19-8-9-4-2-1-3-5-9/h1-5,7,10-14,16-18H,6,8H2/t10-,11+,12-,13+/m1/s1. The lowest BCUT2D eigenvalue weighted by molar-refractivity contribution is -0.153. The van der Waals surface area contributed by atoms with Crippen LogP contribution in [0.4, 0.5) is 0 Å². The smallest absolute Gasteiger partial charge is 0.151 e. The Bertz CT molecular complexity index is 369. The second-order valence-corrected chi connectivity index (χ2v) is 4.13. The Kier molecular flexibility index (Phi) is 6.61. The van der Waals surface area contributed by atoms with E-state index in [2.05, 4.69) is 0 Å². The van der Waals surface area contributed by atoms with Gasteiger partial charge in [-0.2, -0.15) is 0 Å². The summed E-state index contributed by atoms with van der Waals surface area (Å²) in [5.74, 6) is 0. The molecule has 0 heterocycles. The third kappa shape index (κ3) is 4.70. The molecule has 0 unspecified atom stereocenters. The Balaban J connectivity index is 2.67. The van der Waals surface area contributed by atoms with Gasteiger partial charge in [-0.1, -0.05) is 30.3 Å². The van der Waals surface area contributed by atoms with Crippen LogP contribution in [-0.2, 0) is 16.1 Å². The Morgan fingerprint density at radius 1 is 1.16 bits per heavy atom. The molecule has 0 aliphatic rings. The van der Waals surface area contributed by atoms with Crippen LogP contribution in [-0.4, -0.2) is 57.7 Å². The topological polar surface area (TPSA) is 107 Å². The summed E-state index contributed by atoms with van der Waals surface area (Å²) in [4.78, 5) is 10.6. The van der Waals surface area contributed by atoms with Gasteiger partial charge < -0.3 is 30.0 Å². The minimum absolute atomic E-state index is 0.0611. The summed E-state index contributed by atoms with van der Waals surface area (Å²) in [5.41, 5.74) is 0.788. The molecule has 1 rings (SSSR count). The van der Waals surface area contributed by atoms with E-state index >= 15 is 0 Å². The van der Waals surface area contributed by atoms with E-state index in [1.807, 2.05) is 6.07 Å². The minimum Gasteiger partial charge on any atom is -0.394 e. The van der Waals surface area contributed by atoms with Gasteiger partial charge in [-0.25, -0.2) is 0 Å². The third-order valence-electron chi connectivity index (χ3n) is 2.68. The van der Waals surface area contributed by atoms with Gasteiger partial charge in [0.2, 0.25) is 0 Å². The fraction of sp³-hybridized carbons (Fsp3) is 0.462. The highest BCUT2D eigenvalue weighted by Crippen LogP contribution is 2.12. The molecule has 0 spiro atoms. The van der Waals surface area contributed by atoms with Gasteiger partial charge in [0.1, 0.15) is 24.4 Å². The van der Waals surface area contributed by atoms with E-state index < -0.39 is 31.0 Å². The average Bonchev–Trinajstić information content (AvgIpc) is 2.47. The first kappa shape index (κ1) is 15.7. The Labute approximate surface area is 110 Å². The molecule has 4 atom stereocenters. The fourth-order valence-electron chi connectivity index (χ4n) is 1.57. The molecule has 0 saturated carbocycles. The number of hydrogen-bond donors (Lipinski definition) is 4.